The summed E-state index contributed by atoms with van der Waals surface area (Å²) in [7, 11) is 0. The summed E-state index contributed by atoms with van der Waals surface area (Å²) in [5, 5.41) is 4.98. The van der Waals surface area contributed by atoms with E-state index in [9.17, 15) is 0 Å². The van der Waals surface area contributed by atoms with Crippen molar-refractivity contribution in [2.75, 3.05) is 4.90 Å². The van der Waals surface area contributed by atoms with E-state index in [2.05, 4.69) is 225 Å². The van der Waals surface area contributed by atoms with Crippen molar-refractivity contribution in [3.05, 3.63) is 233 Å². The molecule has 0 atom stereocenters. The molecule has 1 radical (unpaired) electrons. The quantitative estimate of drug-likeness (QED) is 0.159. The van der Waals surface area contributed by atoms with Crippen molar-refractivity contribution in [3.8, 4) is 5.69 Å². The smallest absolute Gasteiger partial charge is 0.124 e. The Kier molecular flexibility index (Phi) is 8.18. The second-order valence-corrected chi connectivity index (χ2v) is 15.9. The van der Waals surface area contributed by atoms with Gasteiger partial charge in [0, 0.05) is 22.1 Å². The molecule has 271 valence electrons. The Morgan fingerprint density at radius 2 is 1.04 bits per heavy atom. The third-order valence-corrected chi connectivity index (χ3v) is 12.0. The molecule has 0 N–H and O–H groups in total. The molecule has 1 aliphatic rings. The molecule has 1 aliphatic heterocycles. The fraction of sp³-hybridized carbons (Fsp3) is 0.130. The first-order chi connectivity index (χ1) is 27.5. The van der Waals surface area contributed by atoms with E-state index in [4.69, 9.17) is 0 Å². The fourth-order valence-corrected chi connectivity index (χ4v) is 9.56. The molecule has 8 aromatic carbocycles. The lowest BCUT2D eigenvalue weighted by Crippen LogP contribution is -2.46. The van der Waals surface area contributed by atoms with Gasteiger partial charge in [-0.25, -0.2) is 0 Å². The van der Waals surface area contributed by atoms with E-state index in [0.717, 1.165) is 0 Å². The second-order valence-electron chi connectivity index (χ2n) is 15.9. The Morgan fingerprint density at radius 3 is 1.73 bits per heavy atom. The number of aromatic nitrogens is 1. The highest BCUT2D eigenvalue weighted by atomic mass is 15.3. The van der Waals surface area contributed by atoms with Crippen LogP contribution < -0.4 is 4.90 Å². The van der Waals surface area contributed by atoms with Crippen LogP contribution in [0.5, 0.6) is 0 Å². The van der Waals surface area contributed by atoms with Gasteiger partial charge in [0.15, 0.2) is 0 Å². The molecular formula is C54H45N2. The van der Waals surface area contributed by atoms with Crippen LogP contribution in [0.3, 0.4) is 0 Å². The number of hydrogen-bond donors (Lipinski definition) is 0. The first-order valence-corrected chi connectivity index (χ1v) is 20.0. The average molecular weight is 722 g/mol. The van der Waals surface area contributed by atoms with Gasteiger partial charge in [-0.3, -0.25) is 0 Å². The number of anilines is 1. The van der Waals surface area contributed by atoms with E-state index in [1.54, 1.807) is 0 Å². The van der Waals surface area contributed by atoms with Gasteiger partial charge in [-0.1, -0.05) is 185 Å². The minimum Gasteiger partial charge on any atom is -0.336 e. The molecular weight excluding hydrogens is 677 g/mol. The van der Waals surface area contributed by atoms with Crippen LogP contribution in [0, 0.1) is 6.04 Å². The Hall–Kier alpha value is -6.38. The molecule has 9 aromatic rings. The van der Waals surface area contributed by atoms with Crippen molar-refractivity contribution >= 4 is 38.3 Å². The lowest BCUT2D eigenvalue weighted by atomic mass is 9.76. The molecule has 0 unspecified atom stereocenters. The van der Waals surface area contributed by atoms with Crippen molar-refractivity contribution in [2.45, 2.75) is 45.1 Å². The summed E-state index contributed by atoms with van der Waals surface area (Å²) in [5.41, 5.74) is 13.2. The average Bonchev–Trinajstić information content (AvgIpc) is 3.74. The third-order valence-electron chi connectivity index (χ3n) is 12.0. The van der Waals surface area contributed by atoms with E-state index in [-0.39, 0.29) is 0 Å². The summed E-state index contributed by atoms with van der Waals surface area (Å²) in [6.45, 7) is 9.36. The molecule has 2 nitrogen and oxygen atoms in total. The molecule has 0 saturated carbocycles. The number of rotatable bonds is 7. The monoisotopic (exact) mass is 721 g/mol. The predicted octanol–water partition coefficient (Wildman–Crippen LogP) is 13.9. The number of nitrogens with zero attached hydrogens (tertiary/aromatic N) is 2. The molecule has 0 saturated heterocycles. The van der Waals surface area contributed by atoms with Crippen LogP contribution in [0.25, 0.3) is 38.3 Å². The maximum absolute atomic E-state index is 2.75. The van der Waals surface area contributed by atoms with Crippen LogP contribution in [0.1, 0.15) is 78.5 Å². The summed E-state index contributed by atoms with van der Waals surface area (Å²) in [4.78, 5) is 2.75. The van der Waals surface area contributed by atoms with Crippen molar-refractivity contribution in [3.63, 3.8) is 0 Å². The van der Waals surface area contributed by atoms with E-state index in [1.165, 1.54) is 88.9 Å². The van der Waals surface area contributed by atoms with Crippen LogP contribution >= 0.6 is 0 Å². The van der Waals surface area contributed by atoms with Gasteiger partial charge in [-0.05, 0) is 91.9 Å². The first kappa shape index (κ1) is 34.1. The number of para-hydroxylation sites is 2. The molecule has 0 fully saturated rings. The Bertz CT molecular complexity index is 2810. The SMILES string of the molecule is CC(C)c1cccc(C(C)C)c1N1[C](c2ccc3c(c2)c2ccccc2n3-c2ccc3ccccc3c2)c2ccccc2C1(c1ccccc1)c1ccccc1. The van der Waals surface area contributed by atoms with Gasteiger partial charge in [-0.15, -0.1) is 0 Å². The zero-order valence-electron chi connectivity index (χ0n) is 32.4. The maximum Gasteiger partial charge on any atom is 0.124 e. The zero-order valence-corrected chi connectivity index (χ0v) is 32.4. The lowest BCUT2D eigenvalue weighted by Gasteiger charge is -2.46. The molecule has 2 heteroatoms. The summed E-state index contributed by atoms with van der Waals surface area (Å²) in [5.74, 6) is 0.612. The fourth-order valence-electron chi connectivity index (χ4n) is 9.56. The first-order valence-electron chi connectivity index (χ1n) is 20.0. The van der Waals surface area contributed by atoms with Gasteiger partial charge in [0.1, 0.15) is 11.6 Å². The molecule has 1 aromatic heterocycles. The van der Waals surface area contributed by atoms with E-state index in [1.807, 2.05) is 0 Å². The Labute approximate surface area is 330 Å². The van der Waals surface area contributed by atoms with Crippen molar-refractivity contribution < 1.29 is 0 Å². The van der Waals surface area contributed by atoms with Gasteiger partial charge >= 0.3 is 0 Å². The van der Waals surface area contributed by atoms with Crippen LogP contribution in [0.2, 0.25) is 0 Å². The van der Waals surface area contributed by atoms with Crippen LogP contribution in [-0.2, 0) is 5.54 Å². The van der Waals surface area contributed by atoms with E-state index < -0.39 is 5.54 Å². The maximum atomic E-state index is 2.75. The van der Waals surface area contributed by atoms with Crippen molar-refractivity contribution in [2.24, 2.45) is 0 Å². The minimum atomic E-state index is -0.642. The van der Waals surface area contributed by atoms with Gasteiger partial charge < -0.3 is 9.47 Å². The summed E-state index contributed by atoms with van der Waals surface area (Å²) < 4.78 is 2.44. The normalized spacial score (nSPS) is 14.1. The lowest BCUT2D eigenvalue weighted by molar-refractivity contribution is 0.613. The number of benzene rings is 8. The van der Waals surface area contributed by atoms with Crippen LogP contribution in [-0.4, -0.2) is 4.57 Å². The van der Waals surface area contributed by atoms with Gasteiger partial charge in [0.05, 0.1) is 11.0 Å². The van der Waals surface area contributed by atoms with Crippen LogP contribution in [0.4, 0.5) is 5.69 Å². The van der Waals surface area contributed by atoms with Crippen molar-refractivity contribution in [1.82, 2.24) is 4.57 Å². The zero-order chi connectivity index (χ0) is 38.0. The summed E-state index contributed by atoms with van der Waals surface area (Å²) >= 11 is 0. The highest BCUT2D eigenvalue weighted by Gasteiger charge is 2.54. The molecule has 2 heterocycles. The second kappa shape index (κ2) is 13.4. The number of fused-ring (bicyclic) bond motifs is 5. The predicted molar refractivity (Wildman–Crippen MR) is 236 cm³/mol. The standard InChI is InChI=1S/C54H45N2/c1-36(2)44-26-17-27-45(37(3)4)53(44)56-52(47-25-13-15-28-49(47)54(56,41-20-7-5-8-21-41)42-22-9-6-10-23-42)40-31-33-51-48(35-40)46-24-14-16-29-50(46)55(51)43-32-30-38-18-11-12-19-39(38)34-43/h5-37H,1-4H3. The Balaban J connectivity index is 1.31. The largest absolute Gasteiger partial charge is 0.336 e. The highest BCUT2D eigenvalue weighted by Crippen LogP contribution is 2.59. The van der Waals surface area contributed by atoms with Gasteiger partial charge in [0.2, 0.25) is 0 Å². The van der Waals surface area contributed by atoms with Crippen LogP contribution in [0.15, 0.2) is 188 Å². The molecule has 0 bridgehead atoms. The van der Waals surface area contributed by atoms with Crippen molar-refractivity contribution in [1.29, 1.82) is 0 Å². The molecule has 56 heavy (non-hydrogen) atoms. The summed E-state index contributed by atoms with van der Waals surface area (Å²) in [6.07, 6.45) is 0. The molecule has 0 spiro atoms. The molecule has 0 aliphatic carbocycles. The van der Waals surface area contributed by atoms with Gasteiger partial charge in [0.25, 0.3) is 0 Å². The molecule has 10 rings (SSSR count). The summed E-state index contributed by atoms with van der Waals surface area (Å²) in [6, 6.07) is 71.3. The Morgan fingerprint density at radius 1 is 0.446 bits per heavy atom. The highest BCUT2D eigenvalue weighted by molar-refractivity contribution is 6.10. The van der Waals surface area contributed by atoms with E-state index in [0.29, 0.717) is 11.8 Å². The minimum absolute atomic E-state index is 0.306. The van der Waals surface area contributed by atoms with Gasteiger partial charge in [-0.2, -0.15) is 0 Å². The number of hydrogen-bond acceptors (Lipinski definition) is 1. The topological polar surface area (TPSA) is 8.17 Å². The molecule has 0 amide bonds. The third kappa shape index (κ3) is 5.09. The van der Waals surface area contributed by atoms with E-state index >= 15 is 0 Å².